The molecular weight excluding hydrogens is 392 g/mol. The summed E-state index contributed by atoms with van der Waals surface area (Å²) in [6.45, 7) is 3.18. The van der Waals surface area contributed by atoms with Crippen LogP contribution in [0.5, 0.6) is 5.75 Å². The van der Waals surface area contributed by atoms with Gasteiger partial charge in [-0.25, -0.2) is 4.98 Å². The lowest BCUT2D eigenvalue weighted by Crippen LogP contribution is -2.39. The van der Waals surface area contributed by atoms with Gasteiger partial charge in [0.2, 0.25) is 0 Å². The molecule has 0 spiro atoms. The summed E-state index contributed by atoms with van der Waals surface area (Å²) in [5.41, 5.74) is 2.74. The number of fused-ring (bicyclic) bond motifs is 1. The van der Waals surface area contributed by atoms with Crippen LogP contribution in [0.2, 0.25) is 0 Å². The highest BCUT2D eigenvalue weighted by atomic mass is 16.5. The fraction of sp³-hybridized carbons (Fsp3) is 0.542. The lowest BCUT2D eigenvalue weighted by Gasteiger charge is -2.31. The molecule has 1 saturated heterocycles. The van der Waals surface area contributed by atoms with Crippen LogP contribution in [-0.2, 0) is 9.53 Å². The fourth-order valence-electron chi connectivity index (χ4n) is 4.24. The molecule has 1 N–H and O–H groups in total. The number of hydrogen-bond donors (Lipinski definition) is 1. The van der Waals surface area contributed by atoms with Crippen LogP contribution >= 0.6 is 0 Å². The largest absolute Gasteiger partial charge is 0.488 e. The summed E-state index contributed by atoms with van der Waals surface area (Å²) < 4.78 is 11.9. The van der Waals surface area contributed by atoms with E-state index in [2.05, 4.69) is 44.2 Å². The van der Waals surface area contributed by atoms with Crippen molar-refractivity contribution in [2.45, 2.75) is 50.7 Å². The summed E-state index contributed by atoms with van der Waals surface area (Å²) in [7, 11) is 0. The van der Waals surface area contributed by atoms with Gasteiger partial charge < -0.3 is 19.7 Å². The van der Waals surface area contributed by atoms with Gasteiger partial charge in [-0.3, -0.25) is 9.78 Å². The topological polar surface area (TPSA) is 76.6 Å². The molecule has 7 heteroatoms. The number of anilines is 1. The molecule has 2 aromatic rings. The lowest BCUT2D eigenvalue weighted by atomic mass is 9.93. The molecule has 3 fully saturated rings. The minimum absolute atomic E-state index is 0.107. The molecule has 0 atom stereocenters. The summed E-state index contributed by atoms with van der Waals surface area (Å²) in [6.07, 6.45) is 9.38. The van der Waals surface area contributed by atoms with Crippen LogP contribution in [0.25, 0.3) is 11.0 Å². The highest BCUT2D eigenvalue weighted by molar-refractivity contribution is 5.93. The lowest BCUT2D eigenvalue weighted by molar-refractivity contribution is -0.116. The van der Waals surface area contributed by atoms with Gasteiger partial charge in [0.05, 0.1) is 24.8 Å². The van der Waals surface area contributed by atoms with Crippen molar-refractivity contribution >= 4 is 22.6 Å². The molecular formula is C24H28N4O3. The predicted molar refractivity (Wildman–Crippen MR) is 118 cm³/mol. The maximum atomic E-state index is 12.0. The Hall–Kier alpha value is -2.85. The zero-order valence-corrected chi connectivity index (χ0v) is 17.7. The Balaban J connectivity index is 1.24. The number of aromatic nitrogens is 2. The number of carbonyl (C=O) groups is 1. The average molecular weight is 421 g/mol. The van der Waals surface area contributed by atoms with Crippen molar-refractivity contribution in [2.75, 3.05) is 31.2 Å². The molecule has 2 aliphatic carbocycles. The van der Waals surface area contributed by atoms with Crippen LogP contribution in [0, 0.1) is 17.8 Å². The first kappa shape index (κ1) is 20.1. The first-order valence-corrected chi connectivity index (χ1v) is 11.3. The Labute approximate surface area is 182 Å². The molecule has 162 valence electrons. The SMILES string of the molecule is O=C(C#CC1CC1)N[C@H]1CC[C@@H](Oc2cc(N3CCOCC3)cc3nccnc23)CC1. The first-order chi connectivity index (χ1) is 15.2. The van der Waals surface area contributed by atoms with Gasteiger partial charge in [0.25, 0.3) is 5.91 Å². The minimum Gasteiger partial charge on any atom is -0.488 e. The van der Waals surface area contributed by atoms with Crippen LogP contribution in [0.4, 0.5) is 5.69 Å². The molecule has 7 nitrogen and oxygen atoms in total. The van der Waals surface area contributed by atoms with E-state index < -0.39 is 0 Å². The van der Waals surface area contributed by atoms with Gasteiger partial charge in [-0.1, -0.05) is 5.92 Å². The van der Waals surface area contributed by atoms with Crippen LogP contribution < -0.4 is 15.0 Å². The molecule has 0 radical (unpaired) electrons. The normalized spacial score (nSPS) is 23.7. The number of nitrogens with zero attached hydrogens (tertiary/aromatic N) is 3. The van der Waals surface area contributed by atoms with Gasteiger partial charge >= 0.3 is 0 Å². The van der Waals surface area contributed by atoms with Gasteiger partial charge in [-0.2, -0.15) is 0 Å². The van der Waals surface area contributed by atoms with E-state index in [1.165, 1.54) is 0 Å². The monoisotopic (exact) mass is 420 g/mol. The summed E-state index contributed by atoms with van der Waals surface area (Å²) in [6, 6.07) is 4.34. The van der Waals surface area contributed by atoms with Crippen molar-refractivity contribution in [2.24, 2.45) is 5.92 Å². The molecule has 3 aliphatic rings. The number of ether oxygens (including phenoxy) is 2. The van der Waals surface area contributed by atoms with Crippen LogP contribution in [0.1, 0.15) is 38.5 Å². The van der Waals surface area contributed by atoms with E-state index in [1.807, 2.05) is 0 Å². The number of rotatable bonds is 4. The predicted octanol–water partition coefficient (Wildman–Crippen LogP) is 2.69. The maximum absolute atomic E-state index is 12.0. The number of amides is 1. The van der Waals surface area contributed by atoms with Crippen LogP contribution in [0.15, 0.2) is 24.5 Å². The van der Waals surface area contributed by atoms with E-state index in [4.69, 9.17) is 9.47 Å². The minimum atomic E-state index is -0.143. The molecule has 2 saturated carbocycles. The van der Waals surface area contributed by atoms with E-state index in [9.17, 15) is 4.79 Å². The molecule has 5 rings (SSSR count). The van der Waals surface area contributed by atoms with Crippen molar-refractivity contribution in [3.8, 4) is 17.6 Å². The van der Waals surface area contributed by atoms with Crippen molar-refractivity contribution in [3.05, 3.63) is 24.5 Å². The van der Waals surface area contributed by atoms with Crippen molar-refractivity contribution < 1.29 is 14.3 Å². The molecule has 31 heavy (non-hydrogen) atoms. The molecule has 0 bridgehead atoms. The van der Waals surface area contributed by atoms with E-state index in [0.29, 0.717) is 5.92 Å². The van der Waals surface area contributed by atoms with Gasteiger partial charge in [0.1, 0.15) is 11.3 Å². The van der Waals surface area contributed by atoms with Gasteiger partial charge in [0.15, 0.2) is 0 Å². The highest BCUT2D eigenvalue weighted by Gasteiger charge is 2.25. The third-order valence-electron chi connectivity index (χ3n) is 6.17. The average Bonchev–Trinajstić information content (AvgIpc) is 3.64. The Kier molecular flexibility index (Phi) is 5.90. The number of morpholine rings is 1. The van der Waals surface area contributed by atoms with E-state index in [-0.39, 0.29) is 18.1 Å². The molecule has 2 heterocycles. The molecule has 1 aliphatic heterocycles. The summed E-state index contributed by atoms with van der Waals surface area (Å²) in [5.74, 6) is 6.86. The van der Waals surface area contributed by atoms with Gasteiger partial charge in [0, 0.05) is 49.2 Å². The van der Waals surface area contributed by atoms with Crippen LogP contribution in [-0.4, -0.2) is 54.3 Å². The Morgan fingerprint density at radius 2 is 1.84 bits per heavy atom. The maximum Gasteiger partial charge on any atom is 0.296 e. The van der Waals surface area contributed by atoms with Crippen LogP contribution in [0.3, 0.4) is 0 Å². The van der Waals surface area contributed by atoms with E-state index >= 15 is 0 Å². The zero-order valence-electron chi connectivity index (χ0n) is 17.7. The Bertz CT molecular complexity index is 997. The van der Waals surface area contributed by atoms with E-state index in [0.717, 1.165) is 87.3 Å². The molecule has 1 aromatic carbocycles. The Morgan fingerprint density at radius 3 is 2.61 bits per heavy atom. The third-order valence-corrected chi connectivity index (χ3v) is 6.17. The Morgan fingerprint density at radius 1 is 1.06 bits per heavy atom. The number of nitrogens with one attached hydrogen (secondary N) is 1. The second kappa shape index (κ2) is 9.11. The van der Waals surface area contributed by atoms with Crippen molar-refractivity contribution in [1.29, 1.82) is 0 Å². The van der Waals surface area contributed by atoms with Gasteiger partial charge in [-0.15, -0.1) is 0 Å². The third kappa shape index (κ3) is 5.08. The molecule has 1 aromatic heterocycles. The second-order valence-corrected chi connectivity index (χ2v) is 8.58. The van der Waals surface area contributed by atoms with Crippen molar-refractivity contribution in [1.82, 2.24) is 15.3 Å². The standard InChI is InChI=1S/C24H28N4O3/c29-23(8-3-17-1-2-17)27-18-4-6-20(7-5-18)31-22-16-19(28-11-13-30-14-12-28)15-21-24(22)26-10-9-25-21/h9-10,15-18,20H,1-2,4-7,11-14H2,(H,27,29)/t18-,20+. The number of hydrogen-bond acceptors (Lipinski definition) is 6. The smallest absolute Gasteiger partial charge is 0.296 e. The van der Waals surface area contributed by atoms with E-state index in [1.54, 1.807) is 12.4 Å². The fourth-order valence-corrected chi connectivity index (χ4v) is 4.24. The number of benzene rings is 1. The second-order valence-electron chi connectivity index (χ2n) is 8.58. The highest BCUT2D eigenvalue weighted by Crippen LogP contribution is 2.33. The summed E-state index contributed by atoms with van der Waals surface area (Å²) in [5, 5.41) is 3.06. The first-order valence-electron chi connectivity index (χ1n) is 11.3. The van der Waals surface area contributed by atoms with Crippen molar-refractivity contribution in [3.63, 3.8) is 0 Å². The zero-order chi connectivity index (χ0) is 21.0. The molecule has 0 unspecified atom stereocenters. The summed E-state index contributed by atoms with van der Waals surface area (Å²) in [4.78, 5) is 23.3. The quantitative estimate of drug-likeness (QED) is 0.767. The number of carbonyl (C=O) groups excluding carboxylic acids is 1. The summed E-state index contributed by atoms with van der Waals surface area (Å²) >= 11 is 0. The van der Waals surface area contributed by atoms with Gasteiger partial charge in [-0.05, 0) is 50.5 Å². The molecule has 1 amide bonds.